The number of aliphatic imine (C=N–C) groups is 1. The lowest BCUT2D eigenvalue weighted by Crippen LogP contribution is -1.98. The van der Waals surface area contributed by atoms with Crippen molar-refractivity contribution >= 4 is 28.4 Å². The molecular formula is C16H13ClFNS. The molecule has 1 atom stereocenters. The van der Waals surface area contributed by atoms with Gasteiger partial charge < -0.3 is 0 Å². The molecule has 0 fully saturated rings. The highest BCUT2D eigenvalue weighted by Gasteiger charge is 2.22. The summed E-state index contributed by atoms with van der Waals surface area (Å²) in [6, 6.07) is 14.5. The van der Waals surface area contributed by atoms with Crippen LogP contribution >= 0.6 is 23.4 Å². The number of hydrogen-bond donors (Lipinski definition) is 0. The zero-order valence-electron chi connectivity index (χ0n) is 10.7. The van der Waals surface area contributed by atoms with Gasteiger partial charge in [0.1, 0.15) is 5.82 Å². The smallest absolute Gasteiger partial charge is 0.128 e. The van der Waals surface area contributed by atoms with E-state index in [1.165, 1.54) is 6.07 Å². The molecule has 102 valence electrons. The average molecular weight is 306 g/mol. The maximum absolute atomic E-state index is 13.8. The molecule has 0 aliphatic carbocycles. The molecule has 2 aromatic carbocycles. The Kier molecular flexibility index (Phi) is 4.08. The standard InChI is InChI=1S/C16H13ClFNS/c17-13-7-3-1-5-11(13)9-16-19-15(10-20-16)12-6-2-4-8-14(12)18/h1-8,15H,9-10H2. The van der Waals surface area contributed by atoms with E-state index >= 15 is 0 Å². The second-order valence-corrected chi connectivity index (χ2v) is 6.14. The van der Waals surface area contributed by atoms with E-state index < -0.39 is 0 Å². The fourth-order valence-corrected chi connectivity index (χ4v) is 3.50. The molecule has 0 radical (unpaired) electrons. The van der Waals surface area contributed by atoms with Crippen LogP contribution in [0.3, 0.4) is 0 Å². The van der Waals surface area contributed by atoms with E-state index in [1.807, 2.05) is 36.4 Å². The molecule has 0 aromatic heterocycles. The minimum absolute atomic E-state index is 0.0845. The van der Waals surface area contributed by atoms with Crippen molar-refractivity contribution in [2.45, 2.75) is 12.5 Å². The first kappa shape index (κ1) is 13.7. The fourth-order valence-electron chi connectivity index (χ4n) is 2.23. The zero-order chi connectivity index (χ0) is 13.9. The van der Waals surface area contributed by atoms with Crippen molar-refractivity contribution in [3.05, 3.63) is 70.5 Å². The number of benzene rings is 2. The van der Waals surface area contributed by atoms with Gasteiger partial charge in [0.2, 0.25) is 0 Å². The summed E-state index contributed by atoms with van der Waals surface area (Å²) in [6.07, 6.45) is 0.718. The maximum atomic E-state index is 13.8. The largest absolute Gasteiger partial charge is 0.273 e. The van der Waals surface area contributed by atoms with Gasteiger partial charge in [0, 0.05) is 22.8 Å². The lowest BCUT2D eigenvalue weighted by molar-refractivity contribution is 0.597. The lowest BCUT2D eigenvalue weighted by Gasteiger charge is -2.06. The topological polar surface area (TPSA) is 12.4 Å². The monoisotopic (exact) mass is 305 g/mol. The third-order valence-corrected chi connectivity index (χ3v) is 4.71. The Morgan fingerprint density at radius 3 is 2.70 bits per heavy atom. The summed E-state index contributed by atoms with van der Waals surface area (Å²) in [5.74, 6) is 0.613. The molecule has 2 aromatic rings. The molecule has 0 saturated carbocycles. The molecule has 1 aliphatic rings. The van der Waals surface area contributed by atoms with Crippen LogP contribution in [0.4, 0.5) is 4.39 Å². The maximum Gasteiger partial charge on any atom is 0.128 e. The Balaban J connectivity index is 1.79. The predicted octanol–water partition coefficient (Wildman–Crippen LogP) is 4.91. The molecular weight excluding hydrogens is 293 g/mol. The summed E-state index contributed by atoms with van der Waals surface area (Å²) in [7, 11) is 0. The van der Waals surface area contributed by atoms with Crippen molar-refractivity contribution in [1.29, 1.82) is 0 Å². The van der Waals surface area contributed by atoms with Gasteiger partial charge in [-0.05, 0) is 17.7 Å². The number of thioether (sulfide) groups is 1. The molecule has 20 heavy (non-hydrogen) atoms. The molecule has 1 nitrogen and oxygen atoms in total. The molecule has 0 spiro atoms. The number of nitrogens with zero attached hydrogens (tertiary/aromatic N) is 1. The molecule has 0 saturated heterocycles. The van der Waals surface area contributed by atoms with Crippen molar-refractivity contribution in [3.63, 3.8) is 0 Å². The van der Waals surface area contributed by atoms with Crippen LogP contribution < -0.4 is 0 Å². The van der Waals surface area contributed by atoms with Crippen LogP contribution in [0.2, 0.25) is 5.02 Å². The molecule has 3 rings (SSSR count). The summed E-state index contributed by atoms with van der Waals surface area (Å²) >= 11 is 7.84. The quantitative estimate of drug-likeness (QED) is 0.785. The number of halogens is 2. The van der Waals surface area contributed by atoms with E-state index in [0.29, 0.717) is 5.56 Å². The third-order valence-electron chi connectivity index (χ3n) is 3.27. The van der Waals surface area contributed by atoms with E-state index in [1.54, 1.807) is 17.8 Å². The van der Waals surface area contributed by atoms with Gasteiger partial charge in [0.05, 0.1) is 11.1 Å². The first-order valence-corrected chi connectivity index (χ1v) is 7.77. The Morgan fingerprint density at radius 1 is 1.15 bits per heavy atom. The van der Waals surface area contributed by atoms with Crippen molar-refractivity contribution in [1.82, 2.24) is 0 Å². The van der Waals surface area contributed by atoms with Gasteiger partial charge in [-0.3, -0.25) is 4.99 Å². The highest BCUT2D eigenvalue weighted by Crippen LogP contribution is 2.33. The van der Waals surface area contributed by atoms with Crippen LogP contribution in [0.25, 0.3) is 0 Å². The number of hydrogen-bond acceptors (Lipinski definition) is 2. The van der Waals surface area contributed by atoms with E-state index in [0.717, 1.165) is 27.8 Å². The van der Waals surface area contributed by atoms with E-state index in [2.05, 4.69) is 4.99 Å². The average Bonchev–Trinajstić information content (AvgIpc) is 2.90. The SMILES string of the molecule is Fc1ccccc1C1CSC(Cc2ccccc2Cl)=N1. The van der Waals surface area contributed by atoms with Gasteiger partial charge in [0.15, 0.2) is 0 Å². The van der Waals surface area contributed by atoms with Crippen molar-refractivity contribution in [2.75, 3.05) is 5.75 Å². The second-order valence-electron chi connectivity index (χ2n) is 4.64. The first-order chi connectivity index (χ1) is 9.74. The van der Waals surface area contributed by atoms with Crippen LogP contribution in [-0.4, -0.2) is 10.8 Å². The zero-order valence-corrected chi connectivity index (χ0v) is 12.3. The molecule has 0 N–H and O–H groups in total. The minimum atomic E-state index is -0.180. The fraction of sp³-hybridized carbons (Fsp3) is 0.188. The van der Waals surface area contributed by atoms with E-state index in [-0.39, 0.29) is 11.9 Å². The van der Waals surface area contributed by atoms with Gasteiger partial charge in [-0.25, -0.2) is 4.39 Å². The number of rotatable bonds is 3. The Morgan fingerprint density at radius 2 is 1.90 bits per heavy atom. The van der Waals surface area contributed by atoms with Crippen molar-refractivity contribution < 1.29 is 4.39 Å². The predicted molar refractivity (Wildman–Crippen MR) is 84.2 cm³/mol. The van der Waals surface area contributed by atoms with E-state index in [4.69, 9.17) is 11.6 Å². The van der Waals surface area contributed by atoms with Gasteiger partial charge in [0.25, 0.3) is 0 Å². The summed E-state index contributed by atoms with van der Waals surface area (Å²) in [5.41, 5.74) is 1.74. The Labute approximate surface area is 126 Å². The second kappa shape index (κ2) is 5.98. The molecule has 1 heterocycles. The Hall–Kier alpha value is -1.32. The van der Waals surface area contributed by atoms with Crippen molar-refractivity contribution in [3.8, 4) is 0 Å². The summed E-state index contributed by atoms with van der Waals surface area (Å²) in [5, 5.41) is 1.77. The molecule has 0 bridgehead atoms. The highest BCUT2D eigenvalue weighted by molar-refractivity contribution is 8.14. The van der Waals surface area contributed by atoms with Crippen LogP contribution in [0.5, 0.6) is 0 Å². The molecule has 0 amide bonds. The summed E-state index contributed by atoms with van der Waals surface area (Å²) in [6.45, 7) is 0. The van der Waals surface area contributed by atoms with Crippen LogP contribution in [0.1, 0.15) is 17.2 Å². The lowest BCUT2D eigenvalue weighted by atomic mass is 10.1. The normalized spacial score (nSPS) is 18.1. The first-order valence-electron chi connectivity index (χ1n) is 6.41. The summed E-state index contributed by atoms with van der Waals surface area (Å²) in [4.78, 5) is 4.64. The van der Waals surface area contributed by atoms with Crippen LogP contribution in [0.15, 0.2) is 53.5 Å². The van der Waals surface area contributed by atoms with Gasteiger partial charge in [-0.2, -0.15) is 0 Å². The summed E-state index contributed by atoms with van der Waals surface area (Å²) < 4.78 is 13.8. The third kappa shape index (κ3) is 2.89. The van der Waals surface area contributed by atoms with Crippen LogP contribution in [-0.2, 0) is 6.42 Å². The molecule has 1 unspecified atom stereocenters. The minimum Gasteiger partial charge on any atom is -0.273 e. The molecule has 4 heteroatoms. The highest BCUT2D eigenvalue weighted by atomic mass is 35.5. The van der Waals surface area contributed by atoms with Gasteiger partial charge in [-0.1, -0.05) is 48.0 Å². The molecule has 1 aliphatic heterocycles. The van der Waals surface area contributed by atoms with Crippen molar-refractivity contribution in [2.24, 2.45) is 4.99 Å². The van der Waals surface area contributed by atoms with E-state index in [9.17, 15) is 4.39 Å². The van der Waals surface area contributed by atoms with Gasteiger partial charge in [-0.15, -0.1) is 11.8 Å². The Bertz CT molecular complexity index is 656. The van der Waals surface area contributed by atoms with Crippen LogP contribution in [0, 0.1) is 5.82 Å². The van der Waals surface area contributed by atoms with Gasteiger partial charge >= 0.3 is 0 Å².